The van der Waals surface area contributed by atoms with Crippen LogP contribution in [0.25, 0.3) is 0 Å². The fourth-order valence-electron chi connectivity index (χ4n) is 2.51. The summed E-state index contributed by atoms with van der Waals surface area (Å²) in [5.41, 5.74) is 7.19. The Kier molecular flexibility index (Phi) is 4.98. The molecule has 2 heterocycles. The minimum absolute atomic E-state index is 0.148. The zero-order valence-corrected chi connectivity index (χ0v) is 12.5. The monoisotopic (exact) mass is 276 g/mol. The van der Waals surface area contributed by atoms with Crippen molar-refractivity contribution in [2.24, 2.45) is 5.73 Å². The van der Waals surface area contributed by atoms with Gasteiger partial charge in [-0.05, 0) is 32.5 Å². The summed E-state index contributed by atoms with van der Waals surface area (Å²) in [7, 11) is 0. The maximum Gasteiger partial charge on any atom is 0.117 e. The number of likely N-dealkylation sites (N-methyl/N-ethyl adjacent to an activating group) is 1. The van der Waals surface area contributed by atoms with E-state index in [0.29, 0.717) is 12.6 Å². The predicted octanol–water partition coefficient (Wildman–Crippen LogP) is 2.58. The van der Waals surface area contributed by atoms with Crippen molar-refractivity contribution in [1.82, 2.24) is 14.5 Å². The molecular weight excluding hydrogens is 252 g/mol. The van der Waals surface area contributed by atoms with Crippen LogP contribution in [0.5, 0.6) is 0 Å². The predicted molar refractivity (Wildman–Crippen MR) is 79.2 cm³/mol. The zero-order chi connectivity index (χ0) is 14.5. The standard InChI is InChI=1S/C15H24N4O/c1-4-18(10-13-6-5-7-20-13)14(8-16)15-9-17-11-19(15)12(2)3/h5-7,9,11-12,14H,4,8,10,16H2,1-3H3. The largest absolute Gasteiger partial charge is 0.468 e. The topological polar surface area (TPSA) is 60.2 Å². The van der Waals surface area contributed by atoms with E-state index in [1.807, 2.05) is 24.7 Å². The van der Waals surface area contributed by atoms with E-state index in [1.54, 1.807) is 6.26 Å². The van der Waals surface area contributed by atoms with Crippen molar-refractivity contribution in [3.05, 3.63) is 42.4 Å². The van der Waals surface area contributed by atoms with Gasteiger partial charge in [0.05, 0.1) is 30.9 Å². The average molecular weight is 276 g/mol. The maximum atomic E-state index is 6.03. The third-order valence-corrected chi connectivity index (χ3v) is 3.60. The van der Waals surface area contributed by atoms with Gasteiger partial charge in [-0.2, -0.15) is 0 Å². The molecule has 0 aliphatic rings. The Morgan fingerprint density at radius 1 is 1.45 bits per heavy atom. The molecule has 0 spiro atoms. The second-order valence-electron chi connectivity index (χ2n) is 5.21. The quantitative estimate of drug-likeness (QED) is 0.844. The highest BCUT2D eigenvalue weighted by Gasteiger charge is 2.22. The van der Waals surface area contributed by atoms with E-state index in [1.165, 1.54) is 0 Å². The smallest absolute Gasteiger partial charge is 0.117 e. The van der Waals surface area contributed by atoms with E-state index in [0.717, 1.165) is 24.5 Å². The van der Waals surface area contributed by atoms with Gasteiger partial charge in [-0.15, -0.1) is 0 Å². The Hall–Kier alpha value is -1.59. The van der Waals surface area contributed by atoms with Crippen molar-refractivity contribution in [1.29, 1.82) is 0 Å². The van der Waals surface area contributed by atoms with E-state index >= 15 is 0 Å². The lowest BCUT2D eigenvalue weighted by atomic mass is 10.1. The number of hydrogen-bond donors (Lipinski definition) is 1. The number of nitrogens with zero attached hydrogens (tertiary/aromatic N) is 3. The summed E-state index contributed by atoms with van der Waals surface area (Å²) < 4.78 is 7.63. The summed E-state index contributed by atoms with van der Waals surface area (Å²) >= 11 is 0. The molecule has 0 aromatic carbocycles. The molecule has 1 unspecified atom stereocenters. The molecule has 0 saturated carbocycles. The first-order valence-corrected chi connectivity index (χ1v) is 7.15. The summed E-state index contributed by atoms with van der Waals surface area (Å²) in [5, 5.41) is 0. The number of rotatable bonds is 7. The van der Waals surface area contributed by atoms with Gasteiger partial charge in [0.25, 0.3) is 0 Å². The van der Waals surface area contributed by atoms with Crippen molar-refractivity contribution in [2.75, 3.05) is 13.1 Å². The molecule has 0 bridgehead atoms. The number of aromatic nitrogens is 2. The lowest BCUT2D eigenvalue weighted by Gasteiger charge is -2.30. The van der Waals surface area contributed by atoms with Gasteiger partial charge in [0, 0.05) is 18.8 Å². The van der Waals surface area contributed by atoms with Crippen LogP contribution >= 0.6 is 0 Å². The average Bonchev–Trinajstić information content (AvgIpc) is 3.09. The third-order valence-electron chi connectivity index (χ3n) is 3.60. The van der Waals surface area contributed by atoms with Gasteiger partial charge in [-0.3, -0.25) is 4.90 Å². The Labute approximate surface area is 120 Å². The van der Waals surface area contributed by atoms with E-state index in [9.17, 15) is 0 Å². The molecule has 0 saturated heterocycles. The Balaban J connectivity index is 2.22. The summed E-state index contributed by atoms with van der Waals surface area (Å²) in [6, 6.07) is 4.44. The molecule has 20 heavy (non-hydrogen) atoms. The van der Waals surface area contributed by atoms with Gasteiger partial charge in [0.2, 0.25) is 0 Å². The van der Waals surface area contributed by atoms with Gasteiger partial charge in [0.15, 0.2) is 0 Å². The number of furan rings is 1. The van der Waals surface area contributed by atoms with Crippen molar-refractivity contribution in [2.45, 2.75) is 39.4 Å². The summed E-state index contributed by atoms with van der Waals surface area (Å²) in [5.74, 6) is 0.959. The first-order chi connectivity index (χ1) is 9.67. The molecule has 0 fully saturated rings. The molecule has 0 aliphatic carbocycles. The highest BCUT2D eigenvalue weighted by atomic mass is 16.3. The molecule has 0 aliphatic heterocycles. The summed E-state index contributed by atoms with van der Waals surface area (Å²) in [4.78, 5) is 6.60. The van der Waals surface area contributed by atoms with Gasteiger partial charge in [-0.25, -0.2) is 4.98 Å². The lowest BCUT2D eigenvalue weighted by Crippen LogP contribution is -2.34. The van der Waals surface area contributed by atoms with Gasteiger partial charge in [-0.1, -0.05) is 6.92 Å². The van der Waals surface area contributed by atoms with Crippen LogP contribution in [0.4, 0.5) is 0 Å². The van der Waals surface area contributed by atoms with Gasteiger partial charge >= 0.3 is 0 Å². The second kappa shape index (κ2) is 6.72. The molecule has 110 valence electrons. The Bertz CT molecular complexity index is 504. The number of nitrogens with two attached hydrogens (primary N) is 1. The van der Waals surface area contributed by atoms with Crippen LogP contribution in [0.1, 0.15) is 44.3 Å². The minimum Gasteiger partial charge on any atom is -0.468 e. The van der Waals surface area contributed by atoms with Crippen molar-refractivity contribution in [3.63, 3.8) is 0 Å². The van der Waals surface area contributed by atoms with Crippen LogP contribution in [0.15, 0.2) is 35.3 Å². The number of hydrogen-bond acceptors (Lipinski definition) is 4. The Morgan fingerprint density at radius 2 is 2.25 bits per heavy atom. The summed E-state index contributed by atoms with van der Waals surface area (Å²) in [6.07, 6.45) is 5.50. The van der Waals surface area contributed by atoms with Crippen molar-refractivity contribution >= 4 is 0 Å². The van der Waals surface area contributed by atoms with Crippen LogP contribution in [0, 0.1) is 0 Å². The van der Waals surface area contributed by atoms with E-state index in [-0.39, 0.29) is 6.04 Å². The normalized spacial score (nSPS) is 13.3. The molecule has 2 aromatic heterocycles. The molecular formula is C15H24N4O. The van der Waals surface area contributed by atoms with Crippen molar-refractivity contribution in [3.8, 4) is 0 Å². The van der Waals surface area contributed by atoms with E-state index in [4.69, 9.17) is 10.2 Å². The first kappa shape index (κ1) is 14.8. The molecule has 2 aromatic rings. The zero-order valence-electron chi connectivity index (χ0n) is 12.5. The molecule has 5 heteroatoms. The maximum absolute atomic E-state index is 6.03. The third kappa shape index (κ3) is 3.11. The van der Waals surface area contributed by atoms with E-state index in [2.05, 4.69) is 35.2 Å². The van der Waals surface area contributed by atoms with Crippen LogP contribution in [-0.4, -0.2) is 27.5 Å². The molecule has 1 atom stereocenters. The molecule has 0 amide bonds. The highest BCUT2D eigenvalue weighted by Crippen LogP contribution is 2.24. The van der Waals surface area contributed by atoms with Gasteiger partial charge in [0.1, 0.15) is 5.76 Å². The molecule has 5 nitrogen and oxygen atoms in total. The summed E-state index contributed by atoms with van der Waals surface area (Å²) in [6.45, 7) is 8.68. The van der Waals surface area contributed by atoms with Crippen molar-refractivity contribution < 1.29 is 4.42 Å². The lowest BCUT2D eigenvalue weighted by molar-refractivity contribution is 0.180. The minimum atomic E-state index is 0.148. The van der Waals surface area contributed by atoms with E-state index < -0.39 is 0 Å². The fourth-order valence-corrected chi connectivity index (χ4v) is 2.51. The molecule has 2 rings (SSSR count). The number of imidazole rings is 1. The first-order valence-electron chi connectivity index (χ1n) is 7.15. The SMILES string of the molecule is CCN(Cc1ccco1)C(CN)c1cncn1C(C)C. The Morgan fingerprint density at radius 3 is 2.80 bits per heavy atom. The molecule has 0 radical (unpaired) electrons. The van der Waals surface area contributed by atoms with Crippen LogP contribution < -0.4 is 5.73 Å². The van der Waals surface area contributed by atoms with Crippen LogP contribution in [0.2, 0.25) is 0 Å². The fraction of sp³-hybridized carbons (Fsp3) is 0.533. The second-order valence-corrected chi connectivity index (χ2v) is 5.21. The van der Waals surface area contributed by atoms with Gasteiger partial charge < -0.3 is 14.7 Å². The molecule has 2 N–H and O–H groups in total. The van der Waals surface area contributed by atoms with Crippen LogP contribution in [-0.2, 0) is 6.54 Å². The van der Waals surface area contributed by atoms with Crippen LogP contribution in [0.3, 0.4) is 0 Å². The highest BCUT2D eigenvalue weighted by molar-refractivity contribution is 5.09.